The van der Waals surface area contributed by atoms with E-state index >= 15 is 0 Å². The molecule has 0 spiro atoms. The highest BCUT2D eigenvalue weighted by Crippen LogP contribution is 2.21. The monoisotopic (exact) mass is 289 g/mol. The Labute approximate surface area is 109 Å². The third-order valence-electron chi connectivity index (χ3n) is 2.03. The number of hydrogen-bond acceptors (Lipinski definition) is 5. The summed E-state index contributed by atoms with van der Waals surface area (Å²) in [6.07, 6.45) is -2.91. The Bertz CT molecular complexity index is 591. The predicted molar refractivity (Wildman–Crippen MR) is 60.6 cm³/mol. The first-order valence-corrected chi connectivity index (χ1v) is 5.63. The van der Waals surface area contributed by atoms with Crippen LogP contribution in [-0.4, -0.2) is 16.1 Å². The van der Waals surface area contributed by atoms with Gasteiger partial charge >= 0.3 is 12.4 Å². The average molecular weight is 289 g/mol. The van der Waals surface area contributed by atoms with Crippen LogP contribution in [0.25, 0.3) is 0 Å². The van der Waals surface area contributed by atoms with Crippen molar-refractivity contribution < 1.29 is 21.9 Å². The number of carbonyl (C=O) groups excluding carboxylic acids is 1. The molecule has 0 atom stereocenters. The third-order valence-corrected chi connectivity index (χ3v) is 2.47. The topological polar surface area (TPSA) is 68.0 Å². The highest BCUT2D eigenvalue weighted by molar-refractivity contribution is 7.94. The number of aromatic nitrogens is 2. The first-order valence-electron chi connectivity index (χ1n) is 4.91. The fourth-order valence-corrected chi connectivity index (χ4v) is 1.53. The zero-order valence-corrected chi connectivity index (χ0v) is 9.96. The van der Waals surface area contributed by atoms with Gasteiger partial charge in [-0.15, -0.1) is 5.10 Å². The molecule has 0 radical (unpaired) electrons. The number of anilines is 1. The number of hydrogen-bond donors (Lipinski definition) is 1. The Morgan fingerprint density at radius 2 is 2.16 bits per heavy atom. The van der Waals surface area contributed by atoms with Crippen LogP contribution >= 0.6 is 12.1 Å². The molecule has 1 N–H and O–H groups in total. The first-order chi connectivity index (χ1) is 9.10. The normalized spacial score (nSPS) is 10.7. The van der Waals surface area contributed by atoms with Gasteiger partial charge in [0.25, 0.3) is 11.8 Å². The van der Waals surface area contributed by atoms with Crippen molar-refractivity contribution in [3.8, 4) is 0 Å². The van der Waals surface area contributed by atoms with Crippen LogP contribution in [0.1, 0.15) is 22.7 Å². The maximum Gasteiger partial charge on any atom is 0.322 e. The molecule has 19 heavy (non-hydrogen) atoms. The van der Waals surface area contributed by atoms with E-state index in [4.69, 9.17) is 0 Å². The smallest absolute Gasteiger partial charge is 0.322 e. The summed E-state index contributed by atoms with van der Waals surface area (Å²) in [5, 5.41) is 8.43. The molecule has 5 nitrogen and oxygen atoms in total. The SMILES string of the molecule is O=C(Nc1nnc(C(F)F)o1)c1cccc(SF)c1. The van der Waals surface area contributed by atoms with E-state index in [9.17, 15) is 17.5 Å². The van der Waals surface area contributed by atoms with Gasteiger partial charge < -0.3 is 4.42 Å². The maximum absolute atomic E-state index is 12.3. The summed E-state index contributed by atoms with van der Waals surface area (Å²) in [5.41, 5.74) is 0.138. The van der Waals surface area contributed by atoms with Crippen molar-refractivity contribution >= 4 is 24.1 Å². The third kappa shape index (κ3) is 3.25. The molecule has 1 aromatic heterocycles. The Hall–Kier alpha value is -2.03. The minimum Gasteiger partial charge on any atom is -0.402 e. The molecule has 0 unspecified atom stereocenters. The van der Waals surface area contributed by atoms with Crippen molar-refractivity contribution in [3.05, 3.63) is 35.7 Å². The van der Waals surface area contributed by atoms with Crippen molar-refractivity contribution in [1.82, 2.24) is 10.2 Å². The standard InChI is InChI=1S/C10H6F3N3O2S/c11-7(12)9-15-16-10(18-9)14-8(17)5-2-1-3-6(4-5)19-13/h1-4,7H,(H,14,16,17). The lowest BCUT2D eigenvalue weighted by Crippen LogP contribution is -2.12. The quantitative estimate of drug-likeness (QED) is 0.935. The Morgan fingerprint density at radius 3 is 2.79 bits per heavy atom. The van der Waals surface area contributed by atoms with Crippen LogP contribution in [-0.2, 0) is 0 Å². The number of nitrogens with one attached hydrogen (secondary N) is 1. The molecule has 1 aromatic carbocycles. The molecule has 0 aliphatic rings. The van der Waals surface area contributed by atoms with Crippen molar-refractivity contribution in [3.63, 3.8) is 0 Å². The number of amides is 1. The van der Waals surface area contributed by atoms with E-state index in [0.29, 0.717) is 0 Å². The Kier molecular flexibility index (Phi) is 4.05. The van der Waals surface area contributed by atoms with E-state index in [-0.39, 0.29) is 22.6 Å². The second-order valence-electron chi connectivity index (χ2n) is 3.31. The van der Waals surface area contributed by atoms with E-state index < -0.39 is 24.2 Å². The summed E-state index contributed by atoms with van der Waals surface area (Å²) in [4.78, 5) is 11.9. The Morgan fingerprint density at radius 1 is 1.37 bits per heavy atom. The van der Waals surface area contributed by atoms with E-state index in [1.165, 1.54) is 24.3 Å². The van der Waals surface area contributed by atoms with Gasteiger partial charge in [-0.05, 0) is 18.2 Å². The van der Waals surface area contributed by atoms with E-state index in [0.717, 1.165) is 0 Å². The van der Waals surface area contributed by atoms with Crippen LogP contribution in [0.2, 0.25) is 0 Å². The van der Waals surface area contributed by atoms with E-state index in [1.807, 2.05) is 0 Å². The van der Waals surface area contributed by atoms with Gasteiger partial charge in [-0.25, -0.2) is 0 Å². The van der Waals surface area contributed by atoms with Crippen LogP contribution in [0.3, 0.4) is 0 Å². The van der Waals surface area contributed by atoms with Crippen molar-refractivity contribution in [2.45, 2.75) is 11.3 Å². The molecule has 1 heterocycles. The lowest BCUT2D eigenvalue weighted by atomic mass is 10.2. The second kappa shape index (κ2) is 5.74. The number of benzene rings is 1. The summed E-state index contributed by atoms with van der Waals surface area (Å²) >= 11 is -0.0159. The van der Waals surface area contributed by atoms with Crippen molar-refractivity contribution in [1.29, 1.82) is 0 Å². The van der Waals surface area contributed by atoms with E-state index in [2.05, 4.69) is 19.9 Å². The van der Waals surface area contributed by atoms with Crippen LogP contribution in [0, 0.1) is 0 Å². The van der Waals surface area contributed by atoms with Crippen LogP contribution in [0.15, 0.2) is 33.6 Å². The molecule has 0 aliphatic carbocycles. The molecule has 100 valence electrons. The molecule has 0 saturated heterocycles. The van der Waals surface area contributed by atoms with Gasteiger partial charge in [0.15, 0.2) is 0 Å². The maximum atomic E-state index is 12.3. The van der Waals surface area contributed by atoms with Gasteiger partial charge in [0.05, 0.1) is 12.1 Å². The summed E-state index contributed by atoms with van der Waals surface area (Å²) in [6.45, 7) is 0. The molecule has 2 aromatic rings. The van der Waals surface area contributed by atoms with Crippen LogP contribution < -0.4 is 5.32 Å². The number of nitrogens with zero attached hydrogens (tertiary/aromatic N) is 2. The number of rotatable bonds is 4. The summed E-state index contributed by atoms with van der Waals surface area (Å²) in [6, 6.07) is 5.24. The number of halogens is 3. The lowest BCUT2D eigenvalue weighted by molar-refractivity contribution is 0.101. The molecule has 0 aliphatic heterocycles. The number of alkyl halides is 2. The molecular formula is C10H6F3N3O2S. The highest BCUT2D eigenvalue weighted by Gasteiger charge is 2.17. The van der Waals surface area contributed by atoms with Gasteiger partial charge in [-0.2, -0.15) is 12.7 Å². The molecule has 9 heteroatoms. The minimum atomic E-state index is -2.91. The zero-order chi connectivity index (χ0) is 13.8. The summed E-state index contributed by atoms with van der Waals surface area (Å²) in [7, 11) is 0. The molecule has 0 bridgehead atoms. The van der Waals surface area contributed by atoms with Crippen LogP contribution in [0.5, 0.6) is 0 Å². The first kappa shape index (κ1) is 13.4. The minimum absolute atomic E-state index is 0.0159. The van der Waals surface area contributed by atoms with E-state index in [1.54, 1.807) is 0 Å². The molecule has 0 fully saturated rings. The highest BCUT2D eigenvalue weighted by atomic mass is 32.2. The molecule has 0 saturated carbocycles. The molecule has 2 rings (SSSR count). The predicted octanol–water partition coefficient (Wildman–Crippen LogP) is 3.24. The average Bonchev–Trinajstić information content (AvgIpc) is 2.87. The second-order valence-corrected chi connectivity index (χ2v) is 3.93. The summed E-state index contributed by atoms with van der Waals surface area (Å²) in [5.74, 6) is -1.55. The van der Waals surface area contributed by atoms with Crippen molar-refractivity contribution in [2.75, 3.05) is 5.32 Å². The van der Waals surface area contributed by atoms with Crippen molar-refractivity contribution in [2.24, 2.45) is 0 Å². The van der Waals surface area contributed by atoms with Gasteiger partial charge in [0.2, 0.25) is 0 Å². The molecular weight excluding hydrogens is 283 g/mol. The summed E-state index contributed by atoms with van der Waals surface area (Å²) < 4.78 is 41.2. The fraction of sp³-hybridized carbons (Fsp3) is 0.100. The largest absolute Gasteiger partial charge is 0.402 e. The molecule has 1 amide bonds. The number of carbonyl (C=O) groups is 1. The fourth-order valence-electron chi connectivity index (χ4n) is 1.23. The van der Waals surface area contributed by atoms with Gasteiger partial charge in [-0.1, -0.05) is 11.2 Å². The van der Waals surface area contributed by atoms with Gasteiger partial charge in [0.1, 0.15) is 0 Å². The zero-order valence-electron chi connectivity index (χ0n) is 9.14. The Balaban J connectivity index is 2.11. The lowest BCUT2D eigenvalue weighted by Gasteiger charge is -2.01. The van der Waals surface area contributed by atoms with Gasteiger partial charge in [-0.3, -0.25) is 10.1 Å². The van der Waals surface area contributed by atoms with Gasteiger partial charge in [0, 0.05) is 10.5 Å². The van der Waals surface area contributed by atoms with Crippen LogP contribution in [0.4, 0.5) is 18.7 Å².